The van der Waals surface area contributed by atoms with Crippen molar-refractivity contribution < 1.29 is 8.95 Å². The highest BCUT2D eigenvalue weighted by molar-refractivity contribution is 7.99. The molecule has 10 heteroatoms. The van der Waals surface area contributed by atoms with Crippen molar-refractivity contribution in [3.63, 3.8) is 0 Å². The van der Waals surface area contributed by atoms with E-state index in [1.165, 1.54) is 0 Å². The number of halogens is 1. The Labute approximate surface area is 181 Å². The number of nitrogens with one attached hydrogen (secondary N) is 2. The van der Waals surface area contributed by atoms with Gasteiger partial charge in [0, 0.05) is 29.9 Å². The van der Waals surface area contributed by atoms with Gasteiger partial charge in [0.15, 0.2) is 11.6 Å². The van der Waals surface area contributed by atoms with E-state index in [1.807, 2.05) is 18.3 Å². The number of fused-ring (bicyclic) bond motifs is 1. The van der Waals surface area contributed by atoms with Gasteiger partial charge in [-0.25, -0.2) is 15.0 Å². The maximum Gasteiger partial charge on any atom is 0.162 e. The number of nitrogens with zero attached hydrogens (tertiary/aromatic N) is 4. The molecule has 8 nitrogen and oxygen atoms in total. The Balaban J connectivity index is 1.74. The molecule has 30 heavy (non-hydrogen) atoms. The summed E-state index contributed by atoms with van der Waals surface area (Å²) in [7, 11) is -1.49. The normalized spacial score (nSPS) is 21.5. The molecule has 2 aliphatic rings. The minimum absolute atomic E-state index is 0.0972. The van der Waals surface area contributed by atoms with Gasteiger partial charge in [0.1, 0.15) is 10.7 Å². The molecule has 0 radical (unpaired) electrons. The molecule has 1 aliphatic carbocycles. The van der Waals surface area contributed by atoms with Crippen LogP contribution in [0, 0.1) is 5.41 Å². The predicted molar refractivity (Wildman–Crippen MR) is 118 cm³/mol. The average molecular weight is 445 g/mol. The van der Waals surface area contributed by atoms with Crippen LogP contribution in [0.3, 0.4) is 0 Å². The van der Waals surface area contributed by atoms with Crippen LogP contribution in [-0.2, 0) is 20.3 Å². The van der Waals surface area contributed by atoms with Crippen LogP contribution in [0.2, 0.25) is 5.02 Å². The summed E-state index contributed by atoms with van der Waals surface area (Å²) in [6.45, 7) is 3.90. The number of aromatic nitrogens is 4. The SMILES string of the molecule is C[C@@H]1COCCN1c1nc(-c2ccnc3[nH]ccc23)nc(C2(S(=O)C=N)CC2)c1Cl. The summed E-state index contributed by atoms with van der Waals surface area (Å²) in [5.41, 5.74) is 3.12. The molecule has 1 saturated carbocycles. The Kier molecular flexibility index (Phi) is 4.83. The van der Waals surface area contributed by atoms with Crippen molar-refractivity contribution in [3.8, 4) is 11.4 Å². The molecule has 4 heterocycles. The first-order chi connectivity index (χ1) is 14.5. The van der Waals surface area contributed by atoms with Crippen molar-refractivity contribution in [1.82, 2.24) is 19.9 Å². The Hall–Kier alpha value is -2.36. The molecule has 156 valence electrons. The number of H-pyrrole nitrogens is 1. The fourth-order valence-corrected chi connectivity index (χ4v) is 5.50. The molecule has 5 rings (SSSR count). The third-order valence-corrected chi connectivity index (χ3v) is 7.74. The Bertz CT molecular complexity index is 1160. The molecule has 0 amide bonds. The van der Waals surface area contributed by atoms with Crippen molar-refractivity contribution in [1.29, 1.82) is 5.41 Å². The molecule has 0 spiro atoms. The van der Waals surface area contributed by atoms with Crippen molar-refractivity contribution in [2.24, 2.45) is 0 Å². The fourth-order valence-electron chi connectivity index (χ4n) is 4.01. The van der Waals surface area contributed by atoms with E-state index in [0.29, 0.717) is 55.0 Å². The van der Waals surface area contributed by atoms with Crippen LogP contribution in [0.15, 0.2) is 24.5 Å². The first-order valence-corrected chi connectivity index (χ1v) is 11.4. The second kappa shape index (κ2) is 7.40. The van der Waals surface area contributed by atoms with Crippen LogP contribution >= 0.6 is 11.6 Å². The number of ether oxygens (including phenoxy) is 1. The van der Waals surface area contributed by atoms with E-state index in [-0.39, 0.29) is 6.04 Å². The van der Waals surface area contributed by atoms with Crippen LogP contribution in [-0.4, -0.2) is 55.5 Å². The monoisotopic (exact) mass is 444 g/mol. The summed E-state index contributed by atoms with van der Waals surface area (Å²) in [5, 5.41) is 8.88. The third kappa shape index (κ3) is 3.03. The van der Waals surface area contributed by atoms with Crippen LogP contribution in [0.1, 0.15) is 25.5 Å². The van der Waals surface area contributed by atoms with Gasteiger partial charge in [-0.1, -0.05) is 11.6 Å². The Morgan fingerprint density at radius 3 is 2.97 bits per heavy atom. The lowest BCUT2D eigenvalue weighted by molar-refractivity contribution is 0.0985. The van der Waals surface area contributed by atoms with E-state index in [2.05, 4.69) is 21.8 Å². The van der Waals surface area contributed by atoms with Crippen molar-refractivity contribution in [2.75, 3.05) is 24.7 Å². The molecule has 2 N–H and O–H groups in total. The van der Waals surface area contributed by atoms with Gasteiger partial charge in [0.2, 0.25) is 0 Å². The second-order valence-electron chi connectivity index (χ2n) is 7.66. The highest BCUT2D eigenvalue weighted by atomic mass is 35.5. The number of pyridine rings is 1. The summed E-state index contributed by atoms with van der Waals surface area (Å²) in [5.74, 6) is 1.14. The number of rotatable bonds is 5. The van der Waals surface area contributed by atoms with E-state index in [1.54, 1.807) is 6.20 Å². The van der Waals surface area contributed by atoms with Gasteiger partial charge < -0.3 is 14.6 Å². The van der Waals surface area contributed by atoms with Crippen LogP contribution in [0.25, 0.3) is 22.4 Å². The highest BCUT2D eigenvalue weighted by Gasteiger charge is 2.53. The zero-order chi connectivity index (χ0) is 20.9. The average Bonchev–Trinajstić information content (AvgIpc) is 3.43. The Morgan fingerprint density at radius 1 is 1.40 bits per heavy atom. The quantitative estimate of drug-likeness (QED) is 0.462. The molecule has 1 unspecified atom stereocenters. The molecular weight excluding hydrogens is 424 g/mol. The van der Waals surface area contributed by atoms with Crippen molar-refractivity contribution in [3.05, 3.63) is 35.2 Å². The van der Waals surface area contributed by atoms with E-state index >= 15 is 0 Å². The maximum atomic E-state index is 12.7. The molecular formula is C20H21ClN6O2S. The lowest BCUT2D eigenvalue weighted by atomic mass is 10.1. The smallest absolute Gasteiger partial charge is 0.162 e. The number of aromatic amines is 1. The van der Waals surface area contributed by atoms with Gasteiger partial charge in [-0.05, 0) is 31.9 Å². The first kappa shape index (κ1) is 19.6. The van der Waals surface area contributed by atoms with Crippen LogP contribution in [0.4, 0.5) is 5.82 Å². The van der Waals surface area contributed by atoms with Gasteiger partial charge in [-0.3, -0.25) is 9.62 Å². The molecule has 0 bridgehead atoms. The largest absolute Gasteiger partial charge is 0.377 e. The van der Waals surface area contributed by atoms with Gasteiger partial charge in [0.05, 0.1) is 46.0 Å². The maximum absolute atomic E-state index is 12.7. The second-order valence-corrected chi connectivity index (χ2v) is 9.65. The summed E-state index contributed by atoms with van der Waals surface area (Å²) < 4.78 is 17.6. The molecule has 2 fully saturated rings. The topological polar surface area (TPSA) is 108 Å². The van der Waals surface area contributed by atoms with Gasteiger partial charge in [-0.15, -0.1) is 0 Å². The molecule has 2 atom stereocenters. The predicted octanol–water partition coefficient (Wildman–Crippen LogP) is 3.24. The zero-order valence-corrected chi connectivity index (χ0v) is 18.0. The Morgan fingerprint density at radius 2 is 2.23 bits per heavy atom. The van der Waals surface area contributed by atoms with Crippen LogP contribution in [0.5, 0.6) is 0 Å². The molecule has 0 aromatic carbocycles. The summed E-state index contributed by atoms with van der Waals surface area (Å²) >= 11 is 6.85. The lowest BCUT2D eigenvalue weighted by Crippen LogP contribution is -2.44. The first-order valence-electron chi connectivity index (χ1n) is 9.81. The van der Waals surface area contributed by atoms with E-state index in [9.17, 15) is 4.21 Å². The van der Waals surface area contributed by atoms with Crippen LogP contribution < -0.4 is 4.90 Å². The number of hydrogen-bond acceptors (Lipinski definition) is 7. The zero-order valence-electron chi connectivity index (χ0n) is 16.4. The van der Waals surface area contributed by atoms with Crippen molar-refractivity contribution in [2.45, 2.75) is 30.6 Å². The standard InChI is InChI=1S/C20H21ClN6O2S/c1-12-10-29-9-8-27(12)19-15(21)16(20(4-5-20)30(28)11-22)25-18(26-19)14-3-7-24-17-13(14)2-6-23-17/h2-3,6-7,11-12,22H,4-5,8-10H2,1H3,(H,23,24)/t12-,30?/m1/s1. The number of anilines is 1. The van der Waals surface area contributed by atoms with Gasteiger partial charge in [0.25, 0.3) is 0 Å². The lowest BCUT2D eigenvalue weighted by Gasteiger charge is -2.35. The molecule has 3 aromatic rings. The molecule has 3 aromatic heterocycles. The summed E-state index contributed by atoms with van der Waals surface area (Å²) in [6, 6.07) is 3.91. The molecule has 1 aliphatic heterocycles. The van der Waals surface area contributed by atoms with Gasteiger partial charge in [-0.2, -0.15) is 0 Å². The minimum atomic E-state index is -1.49. The third-order valence-electron chi connectivity index (χ3n) is 5.80. The fraction of sp³-hybridized carbons (Fsp3) is 0.400. The van der Waals surface area contributed by atoms with Gasteiger partial charge >= 0.3 is 0 Å². The number of hydrogen-bond donors (Lipinski definition) is 2. The highest BCUT2D eigenvalue weighted by Crippen LogP contribution is 2.53. The van der Waals surface area contributed by atoms with Crippen molar-refractivity contribution >= 4 is 44.8 Å². The minimum Gasteiger partial charge on any atom is -0.377 e. The summed E-state index contributed by atoms with van der Waals surface area (Å²) in [4.78, 5) is 19.3. The molecule has 1 saturated heterocycles. The van der Waals surface area contributed by atoms with E-state index in [4.69, 9.17) is 31.7 Å². The number of morpholine rings is 1. The van der Waals surface area contributed by atoms with E-state index in [0.717, 1.165) is 22.1 Å². The van der Waals surface area contributed by atoms with E-state index < -0.39 is 15.5 Å². The summed E-state index contributed by atoms with van der Waals surface area (Å²) in [6.07, 6.45) is 4.90.